The van der Waals surface area contributed by atoms with Crippen LogP contribution in [0.5, 0.6) is 0 Å². The van der Waals surface area contributed by atoms with E-state index in [1.54, 1.807) is 43.4 Å². The number of hydrogen-bond donors (Lipinski definition) is 2. The fraction of sp³-hybridized carbons (Fsp3) is 0.531. The first-order chi connectivity index (χ1) is 20.2. The average molecular weight is 578 g/mol. The van der Waals surface area contributed by atoms with Gasteiger partial charge in [-0.3, -0.25) is 9.59 Å². The van der Waals surface area contributed by atoms with Crippen molar-refractivity contribution in [3.63, 3.8) is 0 Å². The summed E-state index contributed by atoms with van der Waals surface area (Å²) in [6.45, 7) is 6.72. The van der Waals surface area contributed by atoms with Gasteiger partial charge in [-0.15, -0.1) is 0 Å². The lowest BCUT2D eigenvalue weighted by molar-refractivity contribution is -0.577. The Morgan fingerprint density at radius 3 is 2.43 bits per heavy atom. The van der Waals surface area contributed by atoms with Crippen LogP contribution in [0, 0.1) is 23.7 Å². The Bertz CT molecular complexity index is 1330. The molecule has 2 amide bonds. The molecule has 0 radical (unpaired) electrons. The maximum Gasteiger partial charge on any atom is 0.271 e. The second kappa shape index (κ2) is 11.5. The molecule has 4 unspecified atom stereocenters. The molecule has 1 saturated carbocycles. The highest BCUT2D eigenvalue weighted by Gasteiger charge is 2.69. The van der Waals surface area contributed by atoms with Crippen LogP contribution < -0.4 is 10.7 Å². The van der Waals surface area contributed by atoms with E-state index in [2.05, 4.69) is 29.7 Å². The van der Waals surface area contributed by atoms with Crippen LogP contribution in [-0.2, 0) is 30.6 Å². The average Bonchev–Trinajstić information content (AvgIpc) is 3.24. The Balaban J connectivity index is 1.05. The van der Waals surface area contributed by atoms with Gasteiger partial charge in [0.05, 0.1) is 12.8 Å². The van der Waals surface area contributed by atoms with Crippen molar-refractivity contribution in [3.05, 3.63) is 70.8 Å². The molecule has 4 saturated heterocycles. The SMILES string of the molecule is CNC(=O)c1ccc(/C=N\NC(=O)c2ccc(COC3OC4O[C@@]5(C)CCC6[C@H](C)CCC([C@H]3C)[C@@]46OO5)cc2)cc1. The van der Waals surface area contributed by atoms with Crippen LogP contribution in [0.25, 0.3) is 0 Å². The van der Waals surface area contributed by atoms with Gasteiger partial charge in [-0.25, -0.2) is 15.2 Å². The maximum atomic E-state index is 12.6. The van der Waals surface area contributed by atoms with Gasteiger partial charge < -0.3 is 19.5 Å². The Morgan fingerprint density at radius 2 is 1.69 bits per heavy atom. The van der Waals surface area contributed by atoms with Gasteiger partial charge in [0.2, 0.25) is 5.79 Å². The summed E-state index contributed by atoms with van der Waals surface area (Å²) in [5.74, 6) is -0.196. The molecule has 5 aliphatic rings. The second-order valence-electron chi connectivity index (χ2n) is 12.2. The number of amides is 2. The van der Waals surface area contributed by atoms with Crippen LogP contribution in [0.1, 0.15) is 78.3 Å². The predicted octanol–water partition coefficient (Wildman–Crippen LogP) is 4.53. The van der Waals surface area contributed by atoms with E-state index in [1.165, 1.54) is 6.21 Å². The zero-order valence-corrected chi connectivity index (χ0v) is 24.5. The van der Waals surface area contributed by atoms with E-state index in [0.29, 0.717) is 29.6 Å². The molecular formula is C32H39N3O7. The summed E-state index contributed by atoms with van der Waals surface area (Å²) in [4.78, 5) is 36.3. The minimum Gasteiger partial charge on any atom is -0.355 e. The van der Waals surface area contributed by atoms with Gasteiger partial charge in [-0.05, 0) is 73.4 Å². The Kier molecular flexibility index (Phi) is 7.93. The van der Waals surface area contributed by atoms with Gasteiger partial charge in [-0.1, -0.05) is 38.1 Å². The predicted molar refractivity (Wildman–Crippen MR) is 153 cm³/mol. The standard InChI is InChI=1S/C32H39N3O7/c1-19-5-14-26-20(2)29(39-30-32(26)25(19)15-16-31(3,40-30)41-42-32)38-18-22-8-12-24(13-9-22)28(37)35-34-17-21-6-10-23(11-7-21)27(36)33-4/h6-13,17,19-20,25-26,29-30H,5,14-16,18H2,1-4H3,(H,33,36)(H,35,37)/b34-17-/t19-,20-,25?,26?,29?,30?,31-,32-/m1/s1. The molecule has 2 aromatic rings. The molecule has 4 heterocycles. The number of ether oxygens (including phenoxy) is 3. The fourth-order valence-electron chi connectivity index (χ4n) is 7.09. The minimum absolute atomic E-state index is 0.0915. The first-order valence-corrected chi connectivity index (χ1v) is 14.8. The Hall–Kier alpha value is -3.15. The highest BCUT2D eigenvalue weighted by Crippen LogP contribution is 2.60. The summed E-state index contributed by atoms with van der Waals surface area (Å²) in [6, 6.07) is 14.1. The molecule has 8 atom stereocenters. The van der Waals surface area contributed by atoms with Crippen molar-refractivity contribution in [1.82, 2.24) is 10.7 Å². The number of carbonyl (C=O) groups is 2. The Morgan fingerprint density at radius 1 is 0.976 bits per heavy atom. The summed E-state index contributed by atoms with van der Waals surface area (Å²) in [5.41, 5.74) is 4.64. The normalized spacial score (nSPS) is 35.3. The van der Waals surface area contributed by atoms with Gasteiger partial charge >= 0.3 is 0 Å². The first kappa shape index (κ1) is 28.9. The zero-order valence-electron chi connectivity index (χ0n) is 24.5. The van der Waals surface area contributed by atoms with E-state index in [4.69, 9.17) is 24.0 Å². The summed E-state index contributed by atoms with van der Waals surface area (Å²) in [7, 11) is 1.58. The number of hydrogen-bond acceptors (Lipinski definition) is 8. The van der Waals surface area contributed by atoms with E-state index in [0.717, 1.165) is 36.8 Å². The van der Waals surface area contributed by atoms with E-state index in [1.807, 2.05) is 19.1 Å². The molecule has 2 bridgehead atoms. The highest BCUT2D eigenvalue weighted by atomic mass is 17.3. The van der Waals surface area contributed by atoms with Crippen molar-refractivity contribution in [2.45, 2.75) is 77.0 Å². The number of benzene rings is 2. The van der Waals surface area contributed by atoms with Gasteiger partial charge in [0, 0.05) is 36.4 Å². The van der Waals surface area contributed by atoms with E-state index in [9.17, 15) is 9.59 Å². The number of hydrazone groups is 1. The maximum absolute atomic E-state index is 12.6. The molecule has 2 N–H and O–H groups in total. The first-order valence-electron chi connectivity index (χ1n) is 14.8. The molecule has 5 fully saturated rings. The summed E-state index contributed by atoms with van der Waals surface area (Å²) in [6.07, 6.45) is 4.44. The van der Waals surface area contributed by atoms with Gasteiger partial charge in [-0.2, -0.15) is 5.10 Å². The lowest BCUT2D eigenvalue weighted by Crippen LogP contribution is -2.70. The van der Waals surface area contributed by atoms with Crippen LogP contribution in [0.4, 0.5) is 0 Å². The van der Waals surface area contributed by atoms with E-state index < -0.39 is 24.0 Å². The molecule has 10 nitrogen and oxygen atoms in total. The highest BCUT2D eigenvalue weighted by molar-refractivity contribution is 5.96. The quantitative estimate of drug-likeness (QED) is 0.282. The van der Waals surface area contributed by atoms with Crippen molar-refractivity contribution in [2.75, 3.05) is 7.05 Å². The van der Waals surface area contributed by atoms with Crippen LogP contribution in [0.2, 0.25) is 0 Å². The van der Waals surface area contributed by atoms with E-state index >= 15 is 0 Å². The molecule has 1 spiro atoms. The van der Waals surface area contributed by atoms with Crippen LogP contribution >= 0.6 is 0 Å². The molecule has 1 aliphatic carbocycles. The third-order valence-electron chi connectivity index (χ3n) is 9.51. The van der Waals surface area contributed by atoms with Crippen molar-refractivity contribution >= 4 is 18.0 Å². The fourth-order valence-corrected chi connectivity index (χ4v) is 7.09. The minimum atomic E-state index is -0.819. The van der Waals surface area contributed by atoms with Crippen molar-refractivity contribution in [3.8, 4) is 0 Å². The number of rotatable bonds is 7. The molecule has 7 rings (SSSR count). The summed E-state index contributed by atoms with van der Waals surface area (Å²) < 4.78 is 19.2. The monoisotopic (exact) mass is 577 g/mol. The van der Waals surface area contributed by atoms with Crippen molar-refractivity contribution in [1.29, 1.82) is 0 Å². The molecule has 4 aliphatic heterocycles. The van der Waals surface area contributed by atoms with Crippen LogP contribution in [0.3, 0.4) is 0 Å². The zero-order chi connectivity index (χ0) is 29.5. The largest absolute Gasteiger partial charge is 0.355 e. The number of nitrogens with one attached hydrogen (secondary N) is 2. The van der Waals surface area contributed by atoms with Crippen LogP contribution in [0.15, 0.2) is 53.6 Å². The molecule has 2 aromatic carbocycles. The number of carbonyl (C=O) groups excluding carboxylic acids is 2. The van der Waals surface area contributed by atoms with Gasteiger partial charge in [0.25, 0.3) is 11.8 Å². The third-order valence-corrected chi connectivity index (χ3v) is 9.51. The lowest BCUT2D eigenvalue weighted by atomic mass is 9.58. The molecular weight excluding hydrogens is 538 g/mol. The second-order valence-corrected chi connectivity index (χ2v) is 12.2. The third kappa shape index (κ3) is 5.26. The van der Waals surface area contributed by atoms with Crippen molar-refractivity contribution < 1.29 is 33.6 Å². The Labute approximate surface area is 246 Å². The molecule has 42 heavy (non-hydrogen) atoms. The summed E-state index contributed by atoms with van der Waals surface area (Å²) >= 11 is 0. The summed E-state index contributed by atoms with van der Waals surface area (Å²) in [5, 5.41) is 6.61. The van der Waals surface area contributed by atoms with Crippen molar-refractivity contribution in [2.24, 2.45) is 28.8 Å². The van der Waals surface area contributed by atoms with Gasteiger partial charge in [0.1, 0.15) is 0 Å². The number of nitrogens with zero attached hydrogens (tertiary/aromatic N) is 1. The smallest absolute Gasteiger partial charge is 0.271 e. The molecule has 224 valence electrons. The topological polar surface area (TPSA) is 117 Å². The number of fused-ring (bicyclic) bond motifs is 2. The van der Waals surface area contributed by atoms with Crippen LogP contribution in [-0.4, -0.2) is 49.0 Å². The molecule has 10 heteroatoms. The van der Waals surface area contributed by atoms with E-state index in [-0.39, 0.29) is 23.7 Å². The lowest BCUT2D eigenvalue weighted by Gasteiger charge is -2.60. The van der Waals surface area contributed by atoms with Gasteiger partial charge in [0.15, 0.2) is 18.2 Å². The molecule has 0 aromatic heterocycles.